The molecule has 1 unspecified atom stereocenters. The number of halogens is 1. The Hall–Kier alpha value is -1.25. The number of nitrogens with zero attached hydrogens (tertiary/aromatic N) is 1. The Morgan fingerprint density at radius 3 is 2.62 bits per heavy atom. The molecule has 1 N–H and O–H groups in total. The minimum absolute atomic E-state index is 0.359. The molecule has 1 atom stereocenters. The fourth-order valence-electron chi connectivity index (χ4n) is 0.978. The summed E-state index contributed by atoms with van der Waals surface area (Å²) >= 11 is 5.86. The van der Waals surface area contributed by atoms with E-state index in [1.54, 1.807) is 18.2 Å². The molecule has 1 rings (SSSR count). The van der Waals surface area contributed by atoms with Crippen molar-refractivity contribution >= 4 is 27.3 Å². The summed E-state index contributed by atoms with van der Waals surface area (Å²) in [7, 11) is -3.66. The van der Waals surface area contributed by atoms with Gasteiger partial charge in [-0.3, -0.25) is 4.72 Å². The van der Waals surface area contributed by atoms with Crippen molar-refractivity contribution in [3.63, 3.8) is 0 Å². The zero-order valence-corrected chi connectivity index (χ0v) is 10.4. The van der Waals surface area contributed by atoms with Gasteiger partial charge in [0.15, 0.2) is 5.25 Å². The summed E-state index contributed by atoms with van der Waals surface area (Å²) in [5.41, 5.74) is 1.22. The van der Waals surface area contributed by atoms with Crippen LogP contribution in [0.4, 0.5) is 5.69 Å². The van der Waals surface area contributed by atoms with E-state index in [4.69, 9.17) is 16.9 Å². The number of nitriles is 1. The lowest BCUT2D eigenvalue weighted by Gasteiger charge is -2.10. The van der Waals surface area contributed by atoms with E-state index >= 15 is 0 Å². The van der Waals surface area contributed by atoms with E-state index in [1.807, 2.05) is 6.92 Å². The fourth-order valence-corrected chi connectivity index (χ4v) is 1.93. The van der Waals surface area contributed by atoms with Crippen molar-refractivity contribution in [1.29, 1.82) is 5.26 Å². The highest BCUT2D eigenvalue weighted by atomic mass is 35.5. The first-order valence-electron chi connectivity index (χ1n) is 4.54. The summed E-state index contributed by atoms with van der Waals surface area (Å²) in [4.78, 5) is 0. The second kappa shape index (κ2) is 4.73. The van der Waals surface area contributed by atoms with Crippen molar-refractivity contribution in [2.24, 2.45) is 0 Å². The van der Waals surface area contributed by atoms with Gasteiger partial charge in [0.2, 0.25) is 10.0 Å². The molecule has 0 saturated carbocycles. The molecule has 4 nitrogen and oxygen atoms in total. The monoisotopic (exact) mass is 258 g/mol. The number of rotatable bonds is 3. The molecule has 0 spiro atoms. The first kappa shape index (κ1) is 12.8. The van der Waals surface area contributed by atoms with Crippen LogP contribution in [0.25, 0.3) is 0 Å². The smallest absolute Gasteiger partial charge is 0.248 e. The van der Waals surface area contributed by atoms with Crippen molar-refractivity contribution in [1.82, 2.24) is 0 Å². The van der Waals surface area contributed by atoms with Crippen molar-refractivity contribution in [3.8, 4) is 6.07 Å². The number of hydrogen-bond donors (Lipinski definition) is 1. The van der Waals surface area contributed by atoms with Gasteiger partial charge in [-0.2, -0.15) is 5.26 Å². The average Bonchev–Trinajstić information content (AvgIpc) is 2.22. The molecule has 0 aliphatic carbocycles. The van der Waals surface area contributed by atoms with E-state index in [2.05, 4.69) is 4.72 Å². The van der Waals surface area contributed by atoms with Gasteiger partial charge in [0.1, 0.15) is 0 Å². The van der Waals surface area contributed by atoms with E-state index in [9.17, 15) is 8.42 Å². The third-order valence-electron chi connectivity index (χ3n) is 2.08. The van der Waals surface area contributed by atoms with E-state index < -0.39 is 15.3 Å². The third-order valence-corrected chi connectivity index (χ3v) is 4.04. The maximum atomic E-state index is 11.6. The Balaban J connectivity index is 2.98. The molecule has 0 amide bonds. The first-order valence-corrected chi connectivity index (χ1v) is 6.46. The molecule has 0 fully saturated rings. The van der Waals surface area contributed by atoms with Crippen LogP contribution in [0, 0.1) is 18.3 Å². The van der Waals surface area contributed by atoms with Crippen LogP contribution in [-0.4, -0.2) is 13.7 Å². The summed E-state index contributed by atoms with van der Waals surface area (Å²) < 4.78 is 25.4. The molecule has 0 aromatic heterocycles. The van der Waals surface area contributed by atoms with E-state index in [0.29, 0.717) is 10.7 Å². The van der Waals surface area contributed by atoms with Gasteiger partial charge in [-0.25, -0.2) is 8.42 Å². The molecule has 0 radical (unpaired) electrons. The molecule has 0 bridgehead atoms. The molecule has 0 aliphatic heterocycles. The van der Waals surface area contributed by atoms with Crippen molar-refractivity contribution < 1.29 is 8.42 Å². The Labute approximate surface area is 99.9 Å². The van der Waals surface area contributed by atoms with Gasteiger partial charge in [0.05, 0.1) is 11.8 Å². The molecular weight excluding hydrogens is 248 g/mol. The molecule has 0 heterocycles. The van der Waals surface area contributed by atoms with Gasteiger partial charge in [-0.1, -0.05) is 17.7 Å². The highest BCUT2D eigenvalue weighted by Crippen LogP contribution is 2.21. The highest BCUT2D eigenvalue weighted by molar-refractivity contribution is 7.93. The maximum Gasteiger partial charge on any atom is 0.248 e. The fraction of sp³-hybridized carbons (Fsp3) is 0.300. The predicted octanol–water partition coefficient (Wildman–Crippen LogP) is 2.30. The van der Waals surface area contributed by atoms with Crippen LogP contribution in [0.3, 0.4) is 0 Å². The molecule has 6 heteroatoms. The topological polar surface area (TPSA) is 70.0 Å². The van der Waals surface area contributed by atoms with Crippen molar-refractivity contribution in [2.45, 2.75) is 19.1 Å². The largest absolute Gasteiger partial charge is 0.282 e. The van der Waals surface area contributed by atoms with E-state index in [-0.39, 0.29) is 0 Å². The normalized spacial score (nSPS) is 12.9. The SMILES string of the molecule is Cc1ccc(NS(=O)(=O)C(C)C#N)cc1Cl. The van der Waals surface area contributed by atoms with E-state index in [1.165, 1.54) is 13.0 Å². The van der Waals surface area contributed by atoms with Crippen LogP contribution in [0.15, 0.2) is 18.2 Å². The number of anilines is 1. The lowest BCUT2D eigenvalue weighted by Crippen LogP contribution is -2.23. The maximum absolute atomic E-state index is 11.6. The van der Waals surface area contributed by atoms with Gasteiger partial charge >= 0.3 is 0 Å². The van der Waals surface area contributed by atoms with Crippen molar-refractivity contribution in [3.05, 3.63) is 28.8 Å². The summed E-state index contributed by atoms with van der Waals surface area (Å²) in [5, 5.41) is 7.92. The minimum atomic E-state index is -3.66. The van der Waals surface area contributed by atoms with Gasteiger partial charge < -0.3 is 0 Å². The number of nitrogens with one attached hydrogen (secondary N) is 1. The molecule has 0 aliphatic rings. The zero-order valence-electron chi connectivity index (χ0n) is 8.86. The van der Waals surface area contributed by atoms with Crippen LogP contribution in [0.2, 0.25) is 5.02 Å². The van der Waals surface area contributed by atoms with Gasteiger partial charge in [0, 0.05) is 5.02 Å². The second-order valence-electron chi connectivity index (χ2n) is 3.38. The van der Waals surface area contributed by atoms with Crippen LogP contribution in [0.1, 0.15) is 12.5 Å². The molecule has 1 aromatic rings. The van der Waals surface area contributed by atoms with Crippen molar-refractivity contribution in [2.75, 3.05) is 4.72 Å². The minimum Gasteiger partial charge on any atom is -0.282 e. The van der Waals surface area contributed by atoms with Crippen LogP contribution in [-0.2, 0) is 10.0 Å². The van der Waals surface area contributed by atoms with Crippen LogP contribution in [0.5, 0.6) is 0 Å². The van der Waals surface area contributed by atoms with Crippen LogP contribution >= 0.6 is 11.6 Å². The van der Waals surface area contributed by atoms with Crippen LogP contribution < -0.4 is 4.72 Å². The molecule has 86 valence electrons. The quantitative estimate of drug-likeness (QED) is 0.904. The second-order valence-corrected chi connectivity index (χ2v) is 5.79. The first-order chi connectivity index (χ1) is 7.36. The lowest BCUT2D eigenvalue weighted by atomic mass is 10.2. The van der Waals surface area contributed by atoms with E-state index in [0.717, 1.165) is 5.56 Å². The predicted molar refractivity (Wildman–Crippen MR) is 63.8 cm³/mol. The summed E-state index contributed by atoms with van der Waals surface area (Å²) in [6.45, 7) is 3.14. The zero-order chi connectivity index (χ0) is 12.3. The molecule has 1 aromatic carbocycles. The van der Waals surface area contributed by atoms with Gasteiger partial charge in [-0.05, 0) is 31.5 Å². The Bertz CT molecular complexity index is 534. The molecule has 16 heavy (non-hydrogen) atoms. The van der Waals surface area contributed by atoms with Gasteiger partial charge in [-0.15, -0.1) is 0 Å². The average molecular weight is 259 g/mol. The third kappa shape index (κ3) is 2.87. The summed E-state index contributed by atoms with van der Waals surface area (Å²) in [5.74, 6) is 0. The van der Waals surface area contributed by atoms with Gasteiger partial charge in [0.25, 0.3) is 0 Å². The summed E-state index contributed by atoms with van der Waals surface area (Å²) in [6.07, 6.45) is 0. The highest BCUT2D eigenvalue weighted by Gasteiger charge is 2.19. The molecule has 0 saturated heterocycles. The Morgan fingerprint density at radius 2 is 2.12 bits per heavy atom. The number of aryl methyl sites for hydroxylation is 1. The number of benzene rings is 1. The Kier molecular flexibility index (Phi) is 3.79. The standard InChI is InChI=1S/C10H11ClN2O2S/c1-7-3-4-9(5-10(7)11)13-16(14,15)8(2)6-12/h3-5,8,13H,1-2H3. The summed E-state index contributed by atoms with van der Waals surface area (Å²) in [6, 6.07) is 6.49. The lowest BCUT2D eigenvalue weighted by molar-refractivity contribution is 0.597. The molecular formula is C10H11ClN2O2S. The Morgan fingerprint density at radius 1 is 1.50 bits per heavy atom. The number of hydrogen-bond acceptors (Lipinski definition) is 3. The number of sulfonamides is 1.